The number of anilines is 1. The summed E-state index contributed by atoms with van der Waals surface area (Å²) in [5.74, 6) is -0.0453. The van der Waals surface area contributed by atoms with Gasteiger partial charge in [-0.15, -0.1) is 21.5 Å². The molecule has 0 aliphatic carbocycles. The van der Waals surface area contributed by atoms with Gasteiger partial charge >= 0.3 is 0 Å². The average molecular weight is 411 g/mol. The highest BCUT2D eigenvalue weighted by Crippen LogP contribution is 2.30. The molecule has 2 aromatic heterocycles. The first-order chi connectivity index (χ1) is 12.6. The molecule has 0 unspecified atom stereocenters. The third-order valence-electron chi connectivity index (χ3n) is 4.40. The standard InChI is InChI=1S/C17H22N4O2S3/c1-3-11(2)25-17-20-19-16(26-17)18-14(22)12-6-8-21(9-7-12)15(23)13-5-4-10-24-13/h4-5,10-12H,3,6-9H2,1-2H3,(H,18,19,22)/t11-/m0/s1. The summed E-state index contributed by atoms with van der Waals surface area (Å²) in [6.45, 7) is 5.51. The molecular formula is C17H22N4O2S3. The highest BCUT2D eigenvalue weighted by atomic mass is 32.2. The summed E-state index contributed by atoms with van der Waals surface area (Å²) < 4.78 is 0.881. The van der Waals surface area contributed by atoms with Gasteiger partial charge in [0.2, 0.25) is 11.0 Å². The number of amides is 2. The molecule has 1 aliphatic heterocycles. The number of hydrogen-bond donors (Lipinski definition) is 1. The molecule has 0 radical (unpaired) electrons. The van der Waals surface area contributed by atoms with E-state index in [1.54, 1.807) is 11.8 Å². The summed E-state index contributed by atoms with van der Waals surface area (Å²) >= 11 is 4.55. The van der Waals surface area contributed by atoms with Crippen LogP contribution in [0.3, 0.4) is 0 Å². The van der Waals surface area contributed by atoms with Gasteiger partial charge in [0, 0.05) is 24.3 Å². The smallest absolute Gasteiger partial charge is 0.263 e. The number of piperidine rings is 1. The molecule has 6 nitrogen and oxygen atoms in total. The molecule has 140 valence electrons. The largest absolute Gasteiger partial charge is 0.338 e. The van der Waals surface area contributed by atoms with Crippen LogP contribution in [-0.4, -0.2) is 45.3 Å². The van der Waals surface area contributed by atoms with Crippen molar-refractivity contribution in [3.05, 3.63) is 22.4 Å². The molecule has 9 heteroatoms. The van der Waals surface area contributed by atoms with Crippen LogP contribution in [0.4, 0.5) is 5.13 Å². The van der Waals surface area contributed by atoms with Crippen LogP contribution in [0.15, 0.2) is 21.9 Å². The van der Waals surface area contributed by atoms with Gasteiger partial charge in [-0.3, -0.25) is 9.59 Å². The average Bonchev–Trinajstić information content (AvgIpc) is 3.33. The summed E-state index contributed by atoms with van der Waals surface area (Å²) in [7, 11) is 0. The second-order valence-electron chi connectivity index (χ2n) is 6.24. The van der Waals surface area contributed by atoms with Crippen molar-refractivity contribution in [2.75, 3.05) is 18.4 Å². The van der Waals surface area contributed by atoms with Crippen LogP contribution in [0, 0.1) is 5.92 Å². The van der Waals surface area contributed by atoms with Gasteiger partial charge in [-0.1, -0.05) is 43.0 Å². The first kappa shape index (κ1) is 19.3. The normalized spacial score (nSPS) is 16.5. The molecule has 2 amide bonds. The first-order valence-corrected chi connectivity index (χ1v) is 11.3. The number of hydrogen-bond acceptors (Lipinski definition) is 7. The summed E-state index contributed by atoms with van der Waals surface area (Å²) in [4.78, 5) is 27.4. The fourth-order valence-corrected chi connectivity index (χ4v) is 5.36. The highest BCUT2D eigenvalue weighted by Gasteiger charge is 2.28. The number of nitrogens with one attached hydrogen (secondary N) is 1. The summed E-state index contributed by atoms with van der Waals surface area (Å²) in [6, 6.07) is 3.73. The van der Waals surface area contributed by atoms with Gasteiger partial charge < -0.3 is 10.2 Å². The van der Waals surface area contributed by atoms with Crippen LogP contribution in [0.25, 0.3) is 0 Å². The maximum Gasteiger partial charge on any atom is 0.263 e. The molecule has 0 spiro atoms. The van der Waals surface area contributed by atoms with Crippen LogP contribution in [0.1, 0.15) is 42.8 Å². The predicted octanol–water partition coefficient (Wildman–Crippen LogP) is 3.98. The third-order valence-corrected chi connectivity index (χ3v) is 7.45. The fraction of sp³-hybridized carbons (Fsp3) is 0.529. The van der Waals surface area contributed by atoms with E-state index in [1.165, 1.54) is 22.7 Å². The van der Waals surface area contributed by atoms with Gasteiger partial charge in [0.05, 0.1) is 4.88 Å². The number of nitrogens with zero attached hydrogens (tertiary/aromatic N) is 3. The highest BCUT2D eigenvalue weighted by molar-refractivity contribution is 8.01. The lowest BCUT2D eigenvalue weighted by molar-refractivity contribution is -0.121. The molecule has 1 aliphatic rings. The van der Waals surface area contributed by atoms with Gasteiger partial charge in [0.1, 0.15) is 0 Å². The number of thioether (sulfide) groups is 1. The van der Waals surface area contributed by atoms with E-state index in [-0.39, 0.29) is 17.7 Å². The third kappa shape index (κ3) is 4.83. The first-order valence-electron chi connectivity index (χ1n) is 8.70. The van der Waals surface area contributed by atoms with E-state index >= 15 is 0 Å². The van der Waals surface area contributed by atoms with E-state index in [4.69, 9.17) is 0 Å². The summed E-state index contributed by atoms with van der Waals surface area (Å²) in [6.07, 6.45) is 2.42. The van der Waals surface area contributed by atoms with Crippen molar-refractivity contribution in [3.63, 3.8) is 0 Å². The van der Waals surface area contributed by atoms with Crippen molar-refractivity contribution in [3.8, 4) is 0 Å². The predicted molar refractivity (Wildman–Crippen MR) is 107 cm³/mol. The minimum absolute atomic E-state index is 0.0236. The molecule has 1 saturated heterocycles. The lowest BCUT2D eigenvalue weighted by Crippen LogP contribution is -2.41. The number of carbonyl (C=O) groups excluding carboxylic acids is 2. The maximum atomic E-state index is 12.5. The molecule has 2 aromatic rings. The number of aromatic nitrogens is 2. The summed E-state index contributed by atoms with van der Waals surface area (Å²) in [5, 5.41) is 14.0. The van der Waals surface area contributed by atoms with Crippen LogP contribution >= 0.6 is 34.4 Å². The Labute approximate surface area is 165 Å². The minimum atomic E-state index is -0.0862. The van der Waals surface area contributed by atoms with E-state index < -0.39 is 0 Å². The van der Waals surface area contributed by atoms with Crippen molar-refractivity contribution in [1.29, 1.82) is 0 Å². The number of likely N-dealkylation sites (tertiary alicyclic amines) is 1. The van der Waals surface area contributed by atoms with E-state index in [9.17, 15) is 9.59 Å². The molecule has 0 bridgehead atoms. The molecule has 1 fully saturated rings. The topological polar surface area (TPSA) is 75.2 Å². The van der Waals surface area contributed by atoms with Gasteiger partial charge in [0.15, 0.2) is 4.34 Å². The molecule has 1 atom stereocenters. The Morgan fingerprint density at radius 3 is 2.81 bits per heavy atom. The Morgan fingerprint density at radius 1 is 1.38 bits per heavy atom. The van der Waals surface area contributed by atoms with Gasteiger partial charge in [0.25, 0.3) is 5.91 Å². The SMILES string of the molecule is CC[C@H](C)Sc1nnc(NC(=O)C2CCN(C(=O)c3cccs3)CC2)s1. The van der Waals surface area contributed by atoms with Crippen LogP contribution in [0.2, 0.25) is 0 Å². The summed E-state index contributed by atoms with van der Waals surface area (Å²) in [5.41, 5.74) is 0. The van der Waals surface area contributed by atoms with Crippen molar-refractivity contribution in [2.24, 2.45) is 5.92 Å². The molecular weight excluding hydrogens is 388 g/mol. The minimum Gasteiger partial charge on any atom is -0.338 e. The van der Waals surface area contributed by atoms with Gasteiger partial charge in [-0.05, 0) is 30.7 Å². The Bertz CT molecular complexity index is 739. The van der Waals surface area contributed by atoms with Crippen molar-refractivity contribution in [2.45, 2.75) is 42.7 Å². The Kier molecular flexibility index (Phi) is 6.66. The Morgan fingerprint density at radius 2 is 2.15 bits per heavy atom. The Hall–Kier alpha value is -1.45. The van der Waals surface area contributed by atoms with E-state index in [0.29, 0.717) is 36.3 Å². The van der Waals surface area contributed by atoms with Crippen LogP contribution in [-0.2, 0) is 4.79 Å². The molecule has 3 heterocycles. The zero-order valence-corrected chi connectivity index (χ0v) is 17.3. The number of rotatable bonds is 6. The Balaban J connectivity index is 1.49. The molecule has 3 rings (SSSR count). The lowest BCUT2D eigenvalue weighted by Gasteiger charge is -2.30. The number of carbonyl (C=O) groups is 2. The number of thiophene rings is 1. The zero-order valence-electron chi connectivity index (χ0n) is 14.8. The van der Waals surface area contributed by atoms with Crippen molar-refractivity contribution >= 4 is 51.4 Å². The molecule has 26 heavy (non-hydrogen) atoms. The molecule has 0 aromatic carbocycles. The molecule has 1 N–H and O–H groups in total. The van der Waals surface area contributed by atoms with Crippen LogP contribution < -0.4 is 5.32 Å². The second-order valence-corrected chi connectivity index (χ2v) is 9.85. The quantitative estimate of drug-likeness (QED) is 0.576. The lowest BCUT2D eigenvalue weighted by atomic mass is 9.96. The van der Waals surface area contributed by atoms with Crippen molar-refractivity contribution in [1.82, 2.24) is 15.1 Å². The van der Waals surface area contributed by atoms with E-state index in [0.717, 1.165) is 15.6 Å². The van der Waals surface area contributed by atoms with Crippen LogP contribution in [0.5, 0.6) is 0 Å². The maximum absolute atomic E-state index is 12.5. The zero-order chi connectivity index (χ0) is 18.5. The molecule has 0 saturated carbocycles. The van der Waals surface area contributed by atoms with E-state index in [1.807, 2.05) is 22.4 Å². The second kappa shape index (κ2) is 8.96. The fourth-order valence-electron chi connectivity index (χ4n) is 2.67. The van der Waals surface area contributed by atoms with E-state index in [2.05, 4.69) is 29.4 Å². The van der Waals surface area contributed by atoms with Gasteiger partial charge in [-0.25, -0.2) is 0 Å². The monoisotopic (exact) mass is 410 g/mol. The van der Waals surface area contributed by atoms with Crippen molar-refractivity contribution < 1.29 is 9.59 Å². The van der Waals surface area contributed by atoms with Gasteiger partial charge in [-0.2, -0.15) is 0 Å².